The molecule has 24 heavy (non-hydrogen) atoms. The molecular formula is C15H20N6O2S. The fraction of sp³-hybridized carbons (Fsp3) is 0.400. The van der Waals surface area contributed by atoms with Gasteiger partial charge in [0.25, 0.3) is 0 Å². The topological polar surface area (TPSA) is 102 Å². The molecule has 0 aliphatic carbocycles. The number of thioether (sulfide) groups is 1. The Morgan fingerprint density at radius 3 is 2.29 bits per heavy atom. The molecule has 0 spiro atoms. The van der Waals surface area contributed by atoms with Crippen LogP contribution in [0.5, 0.6) is 0 Å². The van der Waals surface area contributed by atoms with Crippen LogP contribution in [0.2, 0.25) is 0 Å². The molecule has 1 aromatic carbocycles. The van der Waals surface area contributed by atoms with Crippen molar-refractivity contribution in [3.8, 4) is 0 Å². The standard InChI is InChI=1S/C15H20N6O2S/c1-3-9-21-15(18-19-20-21)24-10-14(23)17-12-7-5-11(6-8-12)16-13(22)4-2/h5-8H,3-4,9-10H2,1-2H3,(H,16,22)(H,17,23). The molecule has 0 bridgehead atoms. The van der Waals surface area contributed by atoms with E-state index in [-0.39, 0.29) is 17.6 Å². The number of hydrogen-bond donors (Lipinski definition) is 2. The van der Waals surface area contributed by atoms with Crippen molar-refractivity contribution >= 4 is 35.0 Å². The molecule has 2 amide bonds. The van der Waals surface area contributed by atoms with Crippen molar-refractivity contribution in [3.05, 3.63) is 24.3 Å². The van der Waals surface area contributed by atoms with Crippen LogP contribution in [0.25, 0.3) is 0 Å². The van der Waals surface area contributed by atoms with Gasteiger partial charge in [0.1, 0.15) is 0 Å². The van der Waals surface area contributed by atoms with E-state index >= 15 is 0 Å². The van der Waals surface area contributed by atoms with Gasteiger partial charge >= 0.3 is 0 Å². The minimum absolute atomic E-state index is 0.0482. The second kappa shape index (κ2) is 9.02. The molecule has 0 saturated carbocycles. The molecule has 0 aliphatic rings. The Bertz CT molecular complexity index is 686. The number of tetrazole rings is 1. The molecule has 128 valence electrons. The van der Waals surface area contributed by atoms with E-state index < -0.39 is 0 Å². The first kappa shape index (κ1) is 17.9. The summed E-state index contributed by atoms with van der Waals surface area (Å²) >= 11 is 1.29. The number of carbonyl (C=O) groups excluding carboxylic acids is 2. The summed E-state index contributed by atoms with van der Waals surface area (Å²) in [5.41, 5.74) is 1.37. The number of amides is 2. The van der Waals surface area contributed by atoms with Gasteiger partial charge in [0, 0.05) is 24.3 Å². The Balaban J connectivity index is 1.83. The zero-order chi connectivity index (χ0) is 17.4. The molecule has 0 unspecified atom stereocenters. The maximum absolute atomic E-state index is 12.0. The molecule has 2 aromatic rings. The lowest BCUT2D eigenvalue weighted by molar-refractivity contribution is -0.116. The number of rotatable bonds is 8. The summed E-state index contributed by atoms with van der Waals surface area (Å²) in [4.78, 5) is 23.3. The molecule has 0 saturated heterocycles. The first-order valence-electron chi connectivity index (χ1n) is 7.71. The monoisotopic (exact) mass is 348 g/mol. The van der Waals surface area contributed by atoms with Crippen molar-refractivity contribution in [2.75, 3.05) is 16.4 Å². The number of nitrogens with zero attached hydrogens (tertiary/aromatic N) is 4. The van der Waals surface area contributed by atoms with Crippen LogP contribution in [0.4, 0.5) is 11.4 Å². The van der Waals surface area contributed by atoms with Crippen LogP contribution in [-0.2, 0) is 16.1 Å². The Labute approximate surface area is 144 Å². The normalized spacial score (nSPS) is 10.4. The molecular weight excluding hydrogens is 328 g/mol. The van der Waals surface area contributed by atoms with Crippen molar-refractivity contribution in [2.45, 2.75) is 38.4 Å². The number of aryl methyl sites for hydroxylation is 1. The van der Waals surface area contributed by atoms with E-state index in [1.807, 2.05) is 6.92 Å². The molecule has 2 rings (SSSR count). The number of anilines is 2. The highest BCUT2D eigenvalue weighted by molar-refractivity contribution is 7.99. The van der Waals surface area contributed by atoms with Gasteiger partial charge in [0.2, 0.25) is 17.0 Å². The van der Waals surface area contributed by atoms with Gasteiger partial charge in [0.05, 0.1) is 5.75 Å². The van der Waals surface area contributed by atoms with E-state index in [1.165, 1.54) is 11.8 Å². The highest BCUT2D eigenvalue weighted by Gasteiger charge is 2.10. The van der Waals surface area contributed by atoms with Gasteiger partial charge in [-0.25, -0.2) is 4.68 Å². The predicted molar refractivity (Wildman–Crippen MR) is 92.8 cm³/mol. The van der Waals surface area contributed by atoms with Crippen LogP contribution < -0.4 is 10.6 Å². The molecule has 9 heteroatoms. The zero-order valence-corrected chi connectivity index (χ0v) is 14.5. The van der Waals surface area contributed by atoms with Crippen molar-refractivity contribution in [1.29, 1.82) is 0 Å². The molecule has 8 nitrogen and oxygen atoms in total. The third kappa shape index (κ3) is 5.34. The Hall–Kier alpha value is -2.42. The maximum Gasteiger partial charge on any atom is 0.234 e. The largest absolute Gasteiger partial charge is 0.326 e. The Morgan fingerprint density at radius 2 is 1.71 bits per heavy atom. The summed E-state index contributed by atoms with van der Waals surface area (Å²) in [6.45, 7) is 4.55. The molecule has 2 N–H and O–H groups in total. The van der Waals surface area contributed by atoms with Crippen molar-refractivity contribution in [1.82, 2.24) is 20.2 Å². The number of benzene rings is 1. The van der Waals surface area contributed by atoms with E-state index in [0.29, 0.717) is 23.0 Å². The van der Waals surface area contributed by atoms with E-state index in [9.17, 15) is 9.59 Å². The lowest BCUT2D eigenvalue weighted by atomic mass is 10.2. The average Bonchev–Trinajstić information content (AvgIpc) is 3.02. The van der Waals surface area contributed by atoms with Crippen molar-refractivity contribution in [2.24, 2.45) is 0 Å². The van der Waals surface area contributed by atoms with E-state index in [2.05, 4.69) is 26.2 Å². The quantitative estimate of drug-likeness (QED) is 0.709. The van der Waals surface area contributed by atoms with Gasteiger partial charge in [-0.3, -0.25) is 9.59 Å². The summed E-state index contributed by atoms with van der Waals surface area (Å²) in [5.74, 6) is 0.0303. The van der Waals surface area contributed by atoms with Gasteiger partial charge in [-0.1, -0.05) is 25.6 Å². The SMILES string of the molecule is CCCn1nnnc1SCC(=O)Nc1ccc(NC(=O)CC)cc1. The minimum atomic E-state index is -0.142. The lowest BCUT2D eigenvalue weighted by Crippen LogP contribution is -2.15. The summed E-state index contributed by atoms with van der Waals surface area (Å²) in [6.07, 6.45) is 1.35. The highest BCUT2D eigenvalue weighted by atomic mass is 32.2. The van der Waals surface area contributed by atoms with Gasteiger partial charge in [0.15, 0.2) is 0 Å². The number of hydrogen-bond acceptors (Lipinski definition) is 6. The van der Waals surface area contributed by atoms with Crippen LogP contribution in [0.3, 0.4) is 0 Å². The van der Waals surface area contributed by atoms with Crippen LogP contribution in [0, 0.1) is 0 Å². The second-order valence-electron chi connectivity index (χ2n) is 5.00. The number of aromatic nitrogens is 4. The third-order valence-electron chi connectivity index (χ3n) is 3.04. The van der Waals surface area contributed by atoms with Crippen LogP contribution in [0.1, 0.15) is 26.7 Å². The van der Waals surface area contributed by atoms with E-state index in [0.717, 1.165) is 13.0 Å². The highest BCUT2D eigenvalue weighted by Crippen LogP contribution is 2.16. The van der Waals surface area contributed by atoms with Crippen molar-refractivity contribution < 1.29 is 9.59 Å². The summed E-state index contributed by atoms with van der Waals surface area (Å²) in [6, 6.07) is 6.99. The summed E-state index contributed by atoms with van der Waals surface area (Å²) in [5, 5.41) is 17.6. The first-order chi connectivity index (χ1) is 11.6. The Kier molecular flexibility index (Phi) is 6.74. The smallest absolute Gasteiger partial charge is 0.234 e. The van der Waals surface area contributed by atoms with Crippen molar-refractivity contribution in [3.63, 3.8) is 0 Å². The summed E-state index contributed by atoms with van der Waals surface area (Å²) in [7, 11) is 0. The zero-order valence-electron chi connectivity index (χ0n) is 13.7. The Morgan fingerprint density at radius 1 is 1.08 bits per heavy atom. The molecule has 0 aliphatic heterocycles. The first-order valence-corrected chi connectivity index (χ1v) is 8.69. The maximum atomic E-state index is 12.0. The second-order valence-corrected chi connectivity index (χ2v) is 5.94. The average molecular weight is 348 g/mol. The fourth-order valence-corrected chi connectivity index (χ4v) is 2.57. The van der Waals surface area contributed by atoms with Gasteiger partial charge in [-0.15, -0.1) is 5.10 Å². The molecule has 1 aromatic heterocycles. The predicted octanol–water partition coefficient (Wildman–Crippen LogP) is 2.16. The van der Waals surface area contributed by atoms with Gasteiger partial charge in [-0.05, 0) is 41.1 Å². The minimum Gasteiger partial charge on any atom is -0.326 e. The number of nitrogens with one attached hydrogen (secondary N) is 2. The van der Waals surface area contributed by atoms with E-state index in [1.54, 1.807) is 35.9 Å². The molecule has 1 heterocycles. The molecule has 0 atom stereocenters. The fourth-order valence-electron chi connectivity index (χ4n) is 1.87. The van der Waals surface area contributed by atoms with Crippen LogP contribution >= 0.6 is 11.8 Å². The molecule has 0 fully saturated rings. The van der Waals surface area contributed by atoms with Gasteiger partial charge in [-0.2, -0.15) is 0 Å². The lowest BCUT2D eigenvalue weighted by Gasteiger charge is -2.07. The van der Waals surface area contributed by atoms with Crippen LogP contribution in [-0.4, -0.2) is 37.8 Å². The number of carbonyl (C=O) groups is 2. The third-order valence-corrected chi connectivity index (χ3v) is 4.00. The van der Waals surface area contributed by atoms with E-state index in [4.69, 9.17) is 0 Å². The summed E-state index contributed by atoms with van der Waals surface area (Å²) < 4.78 is 1.68. The van der Waals surface area contributed by atoms with Gasteiger partial charge < -0.3 is 10.6 Å². The van der Waals surface area contributed by atoms with Crippen LogP contribution in [0.15, 0.2) is 29.4 Å². The molecule has 0 radical (unpaired) electrons.